The minimum Gasteiger partial charge on any atom is -0.468 e. The van der Waals surface area contributed by atoms with E-state index in [1.807, 2.05) is 0 Å². The van der Waals surface area contributed by atoms with Crippen molar-refractivity contribution >= 4 is 15.7 Å². The molecular formula is C16H14F3NO4S. The zero-order chi connectivity index (χ0) is 18.2. The highest BCUT2D eigenvalue weighted by Crippen LogP contribution is 2.30. The molecule has 2 heterocycles. The van der Waals surface area contributed by atoms with Gasteiger partial charge >= 0.3 is 6.18 Å². The summed E-state index contributed by atoms with van der Waals surface area (Å²) in [5.74, 6) is -0.575. The SMILES string of the molecule is O=C(c1cccc(C(F)(F)F)c1)N1CC(S(=O)(=O)Cc2ccco2)C1. The Bertz CT molecular complexity index is 869. The van der Waals surface area contributed by atoms with E-state index in [4.69, 9.17) is 4.42 Å². The van der Waals surface area contributed by atoms with Gasteiger partial charge in [-0.05, 0) is 30.3 Å². The van der Waals surface area contributed by atoms with Crippen LogP contribution in [-0.4, -0.2) is 37.6 Å². The molecule has 0 aliphatic carbocycles. The van der Waals surface area contributed by atoms with Crippen LogP contribution in [0.5, 0.6) is 0 Å². The van der Waals surface area contributed by atoms with Gasteiger partial charge < -0.3 is 9.32 Å². The van der Waals surface area contributed by atoms with Gasteiger partial charge in [-0.2, -0.15) is 13.2 Å². The molecule has 0 spiro atoms. The second-order valence-electron chi connectivity index (χ2n) is 5.80. The quantitative estimate of drug-likeness (QED) is 0.827. The molecule has 0 saturated carbocycles. The van der Waals surface area contributed by atoms with Crippen molar-refractivity contribution in [1.82, 2.24) is 4.90 Å². The van der Waals surface area contributed by atoms with Crippen LogP contribution in [0.25, 0.3) is 0 Å². The van der Waals surface area contributed by atoms with Gasteiger partial charge in [0.05, 0.1) is 17.1 Å². The Labute approximate surface area is 142 Å². The first-order valence-electron chi connectivity index (χ1n) is 7.37. The number of nitrogens with zero attached hydrogens (tertiary/aromatic N) is 1. The van der Waals surface area contributed by atoms with Crippen LogP contribution in [0.4, 0.5) is 13.2 Å². The number of sulfone groups is 1. The lowest BCUT2D eigenvalue weighted by molar-refractivity contribution is -0.137. The van der Waals surface area contributed by atoms with Crippen LogP contribution in [0.1, 0.15) is 21.7 Å². The average Bonchev–Trinajstić information content (AvgIpc) is 2.96. The van der Waals surface area contributed by atoms with Gasteiger partial charge in [-0.1, -0.05) is 6.07 Å². The summed E-state index contributed by atoms with van der Waals surface area (Å²) in [7, 11) is -3.49. The molecule has 1 aliphatic rings. The van der Waals surface area contributed by atoms with Crippen molar-refractivity contribution < 1.29 is 30.8 Å². The van der Waals surface area contributed by atoms with Crippen LogP contribution < -0.4 is 0 Å². The van der Waals surface area contributed by atoms with E-state index in [1.165, 1.54) is 17.2 Å². The Kier molecular flexibility index (Phi) is 4.36. The number of amides is 1. The average molecular weight is 373 g/mol. The molecular weight excluding hydrogens is 359 g/mol. The van der Waals surface area contributed by atoms with Crippen LogP contribution >= 0.6 is 0 Å². The minimum absolute atomic E-state index is 0.0435. The molecule has 5 nitrogen and oxygen atoms in total. The van der Waals surface area contributed by atoms with Crippen LogP contribution in [0.2, 0.25) is 0 Å². The van der Waals surface area contributed by atoms with Gasteiger partial charge in [0.1, 0.15) is 11.5 Å². The molecule has 134 valence electrons. The Morgan fingerprint density at radius 1 is 1.20 bits per heavy atom. The molecule has 9 heteroatoms. The standard InChI is InChI=1S/C16H14F3NO4S/c17-16(18,19)12-4-1-3-11(7-12)15(21)20-8-14(9-20)25(22,23)10-13-5-2-6-24-13/h1-7,14H,8-10H2. The highest BCUT2D eigenvalue weighted by atomic mass is 32.2. The molecule has 0 radical (unpaired) electrons. The number of hydrogen-bond acceptors (Lipinski definition) is 4. The van der Waals surface area contributed by atoms with E-state index in [2.05, 4.69) is 0 Å². The van der Waals surface area contributed by atoms with Gasteiger partial charge in [-0.15, -0.1) is 0 Å². The van der Waals surface area contributed by atoms with E-state index < -0.39 is 32.7 Å². The van der Waals surface area contributed by atoms with Crippen molar-refractivity contribution in [3.05, 3.63) is 59.5 Å². The molecule has 0 N–H and O–H groups in total. The largest absolute Gasteiger partial charge is 0.468 e. The van der Waals surface area contributed by atoms with E-state index in [-0.39, 0.29) is 24.4 Å². The third kappa shape index (κ3) is 3.71. The first-order chi connectivity index (χ1) is 11.7. The van der Waals surface area contributed by atoms with E-state index in [9.17, 15) is 26.4 Å². The minimum atomic E-state index is -4.54. The fraction of sp³-hybridized carbons (Fsp3) is 0.312. The lowest BCUT2D eigenvalue weighted by Gasteiger charge is -2.38. The third-order valence-electron chi connectivity index (χ3n) is 4.00. The van der Waals surface area contributed by atoms with Crippen LogP contribution in [-0.2, 0) is 21.8 Å². The van der Waals surface area contributed by atoms with Crippen molar-refractivity contribution in [3.8, 4) is 0 Å². The summed E-state index contributed by atoms with van der Waals surface area (Å²) >= 11 is 0. The topological polar surface area (TPSA) is 67.6 Å². The summed E-state index contributed by atoms with van der Waals surface area (Å²) in [5.41, 5.74) is -1.03. The van der Waals surface area contributed by atoms with Crippen LogP contribution in [0.3, 0.4) is 0 Å². The number of hydrogen-bond donors (Lipinski definition) is 0. The maximum absolute atomic E-state index is 12.7. The Hall–Kier alpha value is -2.29. The molecule has 1 saturated heterocycles. The van der Waals surface area contributed by atoms with Crippen molar-refractivity contribution in [2.75, 3.05) is 13.1 Å². The lowest BCUT2D eigenvalue weighted by atomic mass is 10.1. The second kappa shape index (κ2) is 6.21. The Balaban J connectivity index is 1.65. The summed E-state index contributed by atoms with van der Waals surface area (Å²) in [6.45, 7) is -0.0871. The normalized spacial score (nSPS) is 15.9. The Morgan fingerprint density at radius 3 is 2.52 bits per heavy atom. The molecule has 1 aromatic heterocycles. The third-order valence-corrected chi connectivity index (χ3v) is 6.00. The molecule has 1 aromatic carbocycles. The summed E-state index contributed by atoms with van der Waals surface area (Å²) < 4.78 is 67.6. The molecule has 1 amide bonds. The summed E-state index contributed by atoms with van der Waals surface area (Å²) in [6.07, 6.45) is -3.17. The number of carbonyl (C=O) groups excluding carboxylic acids is 1. The lowest BCUT2D eigenvalue weighted by Crippen LogP contribution is -2.57. The molecule has 25 heavy (non-hydrogen) atoms. The fourth-order valence-electron chi connectivity index (χ4n) is 2.55. The van der Waals surface area contributed by atoms with E-state index in [0.29, 0.717) is 5.76 Å². The van der Waals surface area contributed by atoms with E-state index in [0.717, 1.165) is 18.2 Å². The van der Waals surface area contributed by atoms with Crippen molar-refractivity contribution in [2.24, 2.45) is 0 Å². The fourth-order valence-corrected chi connectivity index (χ4v) is 4.16. The van der Waals surface area contributed by atoms with E-state index in [1.54, 1.807) is 12.1 Å². The van der Waals surface area contributed by atoms with Gasteiger partial charge in [0.15, 0.2) is 9.84 Å². The first-order valence-corrected chi connectivity index (χ1v) is 9.09. The molecule has 1 fully saturated rings. The van der Waals surface area contributed by atoms with Gasteiger partial charge in [0, 0.05) is 18.7 Å². The molecule has 0 unspecified atom stereocenters. The van der Waals surface area contributed by atoms with Gasteiger partial charge in [-0.3, -0.25) is 4.79 Å². The maximum Gasteiger partial charge on any atom is 0.416 e. The maximum atomic E-state index is 12.7. The number of rotatable bonds is 4. The number of benzene rings is 1. The molecule has 0 bridgehead atoms. The van der Waals surface area contributed by atoms with Crippen molar-refractivity contribution in [2.45, 2.75) is 17.2 Å². The molecule has 0 atom stereocenters. The highest BCUT2D eigenvalue weighted by molar-refractivity contribution is 7.91. The van der Waals surface area contributed by atoms with Crippen molar-refractivity contribution in [1.29, 1.82) is 0 Å². The predicted octanol–water partition coefficient (Wildman–Crippen LogP) is 2.74. The monoisotopic (exact) mass is 373 g/mol. The zero-order valence-corrected chi connectivity index (χ0v) is 13.7. The summed E-state index contributed by atoms with van der Waals surface area (Å²) in [4.78, 5) is 13.5. The summed E-state index contributed by atoms with van der Waals surface area (Å²) in [5, 5.41) is -0.743. The van der Waals surface area contributed by atoms with Crippen LogP contribution in [0, 0.1) is 0 Å². The Morgan fingerprint density at radius 2 is 1.92 bits per heavy atom. The van der Waals surface area contributed by atoms with Gasteiger partial charge in [0.25, 0.3) is 5.91 Å². The second-order valence-corrected chi connectivity index (χ2v) is 8.08. The highest BCUT2D eigenvalue weighted by Gasteiger charge is 2.40. The summed E-state index contributed by atoms with van der Waals surface area (Å²) in [6, 6.07) is 7.20. The van der Waals surface area contributed by atoms with Gasteiger partial charge in [-0.25, -0.2) is 8.42 Å². The molecule has 3 rings (SSSR count). The first kappa shape index (κ1) is 17.5. The molecule has 1 aliphatic heterocycles. The number of alkyl halides is 3. The molecule has 2 aromatic rings. The number of halogens is 3. The predicted molar refractivity (Wildman–Crippen MR) is 82.5 cm³/mol. The number of furan rings is 1. The zero-order valence-electron chi connectivity index (χ0n) is 12.9. The number of likely N-dealkylation sites (tertiary alicyclic amines) is 1. The smallest absolute Gasteiger partial charge is 0.416 e. The van der Waals surface area contributed by atoms with Crippen molar-refractivity contribution in [3.63, 3.8) is 0 Å². The number of carbonyl (C=O) groups is 1. The van der Waals surface area contributed by atoms with Gasteiger partial charge in [0.2, 0.25) is 0 Å². The van der Waals surface area contributed by atoms with Crippen LogP contribution in [0.15, 0.2) is 47.1 Å². The van der Waals surface area contributed by atoms with E-state index >= 15 is 0 Å².